The average molecular weight is 333 g/mol. The van der Waals surface area contributed by atoms with Crippen LogP contribution in [0, 0.1) is 11.3 Å². The molecular weight excluding hydrogens is 310 g/mol. The van der Waals surface area contributed by atoms with Crippen LogP contribution in [0.4, 0.5) is 0 Å². The first-order valence-electron chi connectivity index (χ1n) is 8.16. The highest BCUT2D eigenvalue weighted by Gasteiger charge is 2.51. The zero-order valence-electron chi connectivity index (χ0n) is 14.0. The molecule has 6 heteroatoms. The lowest BCUT2D eigenvalue weighted by molar-refractivity contribution is -0.151. The van der Waals surface area contributed by atoms with E-state index in [9.17, 15) is 14.7 Å². The number of carbonyl (C=O) groups excluding carboxylic acids is 1. The van der Waals surface area contributed by atoms with Crippen LogP contribution in [0.15, 0.2) is 24.3 Å². The molecule has 1 aromatic rings. The van der Waals surface area contributed by atoms with Gasteiger partial charge >= 0.3 is 5.97 Å². The standard InChI is InChI=1S/C18H23NO5/c1-23-11-18(17(21)22)7-8-19(10-18)16(20)15-9-14(15)12-3-5-13(24-2)6-4-12/h3-6,14-15H,7-11H2,1-2H3,(H,21,22)/t14-,15+,18?/m0/s1. The zero-order chi connectivity index (χ0) is 17.3. The summed E-state index contributed by atoms with van der Waals surface area (Å²) in [5.41, 5.74) is 0.171. The van der Waals surface area contributed by atoms with Crippen molar-refractivity contribution in [2.24, 2.45) is 11.3 Å². The van der Waals surface area contributed by atoms with Crippen molar-refractivity contribution in [2.45, 2.75) is 18.8 Å². The normalized spacial score (nSPS) is 28.7. The second-order valence-corrected chi connectivity index (χ2v) is 6.75. The lowest BCUT2D eigenvalue weighted by atomic mass is 9.88. The minimum Gasteiger partial charge on any atom is -0.497 e. The molecule has 1 N–H and O–H groups in total. The lowest BCUT2D eigenvalue weighted by Gasteiger charge is -2.24. The maximum Gasteiger partial charge on any atom is 0.313 e. The number of nitrogens with zero attached hydrogens (tertiary/aromatic N) is 1. The van der Waals surface area contributed by atoms with Gasteiger partial charge in [-0.15, -0.1) is 0 Å². The predicted molar refractivity (Wildman–Crippen MR) is 87.0 cm³/mol. The lowest BCUT2D eigenvalue weighted by Crippen LogP contribution is -2.40. The fourth-order valence-electron chi connectivity index (χ4n) is 3.61. The molecule has 1 saturated heterocycles. The Kier molecular flexibility index (Phi) is 4.49. The number of amides is 1. The third-order valence-corrected chi connectivity index (χ3v) is 5.19. The number of likely N-dealkylation sites (tertiary alicyclic amines) is 1. The third-order valence-electron chi connectivity index (χ3n) is 5.19. The van der Waals surface area contributed by atoms with Gasteiger partial charge in [0.2, 0.25) is 5.91 Å². The summed E-state index contributed by atoms with van der Waals surface area (Å²) in [5.74, 6) is 0.168. The Balaban J connectivity index is 1.63. The minimum atomic E-state index is -0.963. The number of carboxylic acids is 1. The quantitative estimate of drug-likeness (QED) is 0.858. The van der Waals surface area contributed by atoms with Crippen molar-refractivity contribution in [3.63, 3.8) is 0 Å². The Morgan fingerprint density at radius 1 is 1.29 bits per heavy atom. The first-order valence-corrected chi connectivity index (χ1v) is 8.16. The number of hydrogen-bond donors (Lipinski definition) is 1. The molecule has 6 nitrogen and oxygen atoms in total. The maximum atomic E-state index is 12.7. The fraction of sp³-hybridized carbons (Fsp3) is 0.556. The molecule has 1 aliphatic heterocycles. The summed E-state index contributed by atoms with van der Waals surface area (Å²) in [6.07, 6.45) is 1.27. The molecule has 1 unspecified atom stereocenters. The van der Waals surface area contributed by atoms with Gasteiger partial charge in [0, 0.05) is 26.1 Å². The Morgan fingerprint density at radius 2 is 2.00 bits per heavy atom. The van der Waals surface area contributed by atoms with E-state index in [4.69, 9.17) is 9.47 Å². The van der Waals surface area contributed by atoms with Crippen LogP contribution in [0.1, 0.15) is 24.3 Å². The van der Waals surface area contributed by atoms with Gasteiger partial charge in [0.25, 0.3) is 0 Å². The number of rotatable bonds is 6. The number of methoxy groups -OCH3 is 2. The van der Waals surface area contributed by atoms with Gasteiger partial charge in [0.05, 0.1) is 13.7 Å². The molecule has 0 bridgehead atoms. The Hall–Kier alpha value is -2.08. The molecule has 0 spiro atoms. The van der Waals surface area contributed by atoms with E-state index >= 15 is 0 Å². The first-order chi connectivity index (χ1) is 11.5. The zero-order valence-corrected chi connectivity index (χ0v) is 14.0. The Morgan fingerprint density at radius 3 is 2.58 bits per heavy atom. The minimum absolute atomic E-state index is 0.0365. The van der Waals surface area contributed by atoms with Gasteiger partial charge in [0.1, 0.15) is 11.2 Å². The number of carbonyl (C=O) groups is 2. The molecular formula is C18H23NO5. The summed E-state index contributed by atoms with van der Waals surface area (Å²) in [4.78, 5) is 26.0. The molecule has 0 radical (unpaired) electrons. The number of benzene rings is 1. The highest BCUT2D eigenvalue weighted by Crippen LogP contribution is 2.49. The van der Waals surface area contributed by atoms with Crippen molar-refractivity contribution in [3.8, 4) is 5.75 Å². The van der Waals surface area contributed by atoms with Crippen molar-refractivity contribution in [1.82, 2.24) is 4.90 Å². The SMILES string of the molecule is COCC1(C(=O)O)CCN(C(=O)[C@@H]2C[C@H]2c2ccc(OC)cc2)C1. The van der Waals surface area contributed by atoms with E-state index in [1.165, 1.54) is 7.11 Å². The van der Waals surface area contributed by atoms with Crippen molar-refractivity contribution in [3.05, 3.63) is 29.8 Å². The van der Waals surface area contributed by atoms with Crippen LogP contribution in [0.3, 0.4) is 0 Å². The van der Waals surface area contributed by atoms with E-state index in [-0.39, 0.29) is 30.9 Å². The first kappa shape index (κ1) is 16.8. The van der Waals surface area contributed by atoms with E-state index in [1.54, 1.807) is 12.0 Å². The van der Waals surface area contributed by atoms with Gasteiger partial charge in [-0.3, -0.25) is 9.59 Å². The molecule has 3 rings (SSSR count). The molecule has 0 aromatic heterocycles. The van der Waals surface area contributed by atoms with Gasteiger partial charge in [-0.25, -0.2) is 0 Å². The maximum absolute atomic E-state index is 12.7. The summed E-state index contributed by atoms with van der Waals surface area (Å²) < 4.78 is 10.2. The molecule has 2 fully saturated rings. The van der Waals surface area contributed by atoms with Crippen molar-refractivity contribution in [1.29, 1.82) is 0 Å². The van der Waals surface area contributed by atoms with E-state index in [0.29, 0.717) is 13.0 Å². The highest BCUT2D eigenvalue weighted by molar-refractivity contribution is 5.85. The monoisotopic (exact) mass is 333 g/mol. The largest absolute Gasteiger partial charge is 0.497 e. The summed E-state index contributed by atoms with van der Waals surface area (Å²) in [5, 5.41) is 9.50. The predicted octanol–water partition coefficient (Wildman–Crippen LogP) is 1.75. The molecule has 130 valence electrons. The molecule has 1 heterocycles. The van der Waals surface area contributed by atoms with E-state index in [0.717, 1.165) is 17.7 Å². The van der Waals surface area contributed by atoms with Gasteiger partial charge in [-0.1, -0.05) is 12.1 Å². The number of aliphatic carboxylic acids is 1. The van der Waals surface area contributed by atoms with Crippen LogP contribution in [0.25, 0.3) is 0 Å². The number of ether oxygens (including phenoxy) is 2. The number of hydrogen-bond acceptors (Lipinski definition) is 4. The van der Waals surface area contributed by atoms with Crippen LogP contribution >= 0.6 is 0 Å². The van der Waals surface area contributed by atoms with Crippen LogP contribution in [-0.4, -0.2) is 55.8 Å². The second-order valence-electron chi connectivity index (χ2n) is 6.75. The van der Waals surface area contributed by atoms with Gasteiger partial charge in [-0.2, -0.15) is 0 Å². The van der Waals surface area contributed by atoms with Crippen molar-refractivity contribution >= 4 is 11.9 Å². The molecule has 3 atom stereocenters. The van der Waals surface area contributed by atoms with Crippen molar-refractivity contribution < 1.29 is 24.2 Å². The molecule has 1 aliphatic carbocycles. The van der Waals surface area contributed by atoms with E-state index in [1.807, 2.05) is 24.3 Å². The molecule has 1 saturated carbocycles. The Bertz CT molecular complexity index is 629. The van der Waals surface area contributed by atoms with Crippen LogP contribution in [0.2, 0.25) is 0 Å². The highest BCUT2D eigenvalue weighted by atomic mass is 16.5. The van der Waals surface area contributed by atoms with Crippen LogP contribution < -0.4 is 4.74 Å². The van der Waals surface area contributed by atoms with Gasteiger partial charge in [-0.05, 0) is 36.5 Å². The van der Waals surface area contributed by atoms with E-state index in [2.05, 4.69) is 0 Å². The molecule has 1 aromatic carbocycles. The molecule has 1 amide bonds. The Labute approximate surface area is 141 Å². The topological polar surface area (TPSA) is 76.1 Å². The summed E-state index contributed by atoms with van der Waals surface area (Å²) in [6, 6.07) is 7.79. The summed E-state index contributed by atoms with van der Waals surface area (Å²) >= 11 is 0. The summed E-state index contributed by atoms with van der Waals surface area (Å²) in [6.45, 7) is 0.861. The fourth-order valence-corrected chi connectivity index (χ4v) is 3.61. The molecule has 2 aliphatic rings. The number of carboxylic acid groups (broad SMARTS) is 1. The molecule has 24 heavy (non-hydrogen) atoms. The van der Waals surface area contributed by atoms with Gasteiger partial charge in [0.15, 0.2) is 0 Å². The smallest absolute Gasteiger partial charge is 0.313 e. The third kappa shape index (κ3) is 2.98. The van der Waals surface area contributed by atoms with Crippen molar-refractivity contribution in [2.75, 3.05) is 33.9 Å². The average Bonchev–Trinajstić information content (AvgIpc) is 3.27. The van der Waals surface area contributed by atoms with Crippen LogP contribution in [0.5, 0.6) is 5.75 Å². The summed E-state index contributed by atoms with van der Waals surface area (Å²) in [7, 11) is 3.12. The van der Waals surface area contributed by atoms with Gasteiger partial charge < -0.3 is 19.5 Å². The second kappa shape index (κ2) is 6.43. The van der Waals surface area contributed by atoms with E-state index < -0.39 is 11.4 Å². The van der Waals surface area contributed by atoms with Crippen LogP contribution in [-0.2, 0) is 14.3 Å².